The number of nitrogens with one attached hydrogen (secondary N) is 1. The molecule has 0 saturated heterocycles. The number of carbonyl (C=O) groups is 1. The zero-order chi connectivity index (χ0) is 11.3. The van der Waals surface area contributed by atoms with Gasteiger partial charge < -0.3 is 19.9 Å². The van der Waals surface area contributed by atoms with Gasteiger partial charge in [0.05, 0.1) is 12.3 Å². The molecule has 15 heavy (non-hydrogen) atoms. The van der Waals surface area contributed by atoms with Gasteiger partial charge in [-0.25, -0.2) is 4.79 Å². The normalized spacial score (nSPS) is 29.1. The van der Waals surface area contributed by atoms with Gasteiger partial charge in [-0.15, -0.1) is 0 Å². The molecular weight excluding hydrogens is 198 g/mol. The van der Waals surface area contributed by atoms with Gasteiger partial charge >= 0.3 is 6.09 Å². The monoisotopic (exact) mass is 213 g/mol. The molecule has 0 fully saturated rings. The molecule has 0 bridgehead atoms. The van der Waals surface area contributed by atoms with E-state index in [2.05, 4.69) is 11.9 Å². The third kappa shape index (κ3) is 3.28. The molecule has 1 aliphatic rings. The van der Waals surface area contributed by atoms with Gasteiger partial charge in [0.1, 0.15) is 18.8 Å². The summed E-state index contributed by atoms with van der Waals surface area (Å²) < 4.78 is 9.77. The molecule has 1 amide bonds. The van der Waals surface area contributed by atoms with Crippen molar-refractivity contribution in [3.63, 3.8) is 0 Å². The van der Waals surface area contributed by atoms with Gasteiger partial charge in [0.2, 0.25) is 0 Å². The Balaban J connectivity index is 2.43. The minimum Gasteiger partial charge on any atom is -0.496 e. The first-order chi connectivity index (χ1) is 7.15. The highest BCUT2D eigenvalue weighted by atomic mass is 16.5. The predicted molar refractivity (Wildman–Crippen MR) is 54.2 cm³/mol. The van der Waals surface area contributed by atoms with Gasteiger partial charge in [0, 0.05) is 0 Å². The standard InChI is InChI=1S/C10H15NO4/c1-3-5-15-10(13)11-8-4-6-14-7(2)9(8)12/h3-4,6-9,12H,1,5H2,2H3,(H,11,13)/t7-,8-,9-/m0/s1. The van der Waals surface area contributed by atoms with Crippen LogP contribution in [0.4, 0.5) is 4.79 Å². The Morgan fingerprint density at radius 1 is 1.80 bits per heavy atom. The number of rotatable bonds is 3. The number of aliphatic hydroxyl groups excluding tert-OH is 1. The van der Waals surface area contributed by atoms with Crippen molar-refractivity contribution in [3.05, 3.63) is 25.0 Å². The summed E-state index contributed by atoms with van der Waals surface area (Å²) in [5, 5.41) is 12.2. The average Bonchev–Trinajstić information content (AvgIpc) is 2.22. The number of alkyl carbamates (subject to hydrolysis) is 1. The van der Waals surface area contributed by atoms with Crippen LogP contribution in [0.3, 0.4) is 0 Å². The van der Waals surface area contributed by atoms with Crippen LogP contribution in [0.5, 0.6) is 0 Å². The maximum absolute atomic E-state index is 11.2. The van der Waals surface area contributed by atoms with Crippen molar-refractivity contribution in [3.8, 4) is 0 Å². The molecule has 3 atom stereocenters. The smallest absolute Gasteiger partial charge is 0.408 e. The molecule has 0 aliphatic carbocycles. The van der Waals surface area contributed by atoms with E-state index in [1.807, 2.05) is 0 Å². The van der Waals surface area contributed by atoms with Crippen molar-refractivity contribution in [2.75, 3.05) is 6.61 Å². The SMILES string of the molecule is C=CCOC(=O)N[C@H]1C=CO[C@@H](C)[C@@H]1O. The van der Waals surface area contributed by atoms with Crippen LogP contribution in [-0.2, 0) is 9.47 Å². The van der Waals surface area contributed by atoms with E-state index in [-0.39, 0.29) is 12.7 Å². The summed E-state index contributed by atoms with van der Waals surface area (Å²) in [5.74, 6) is 0. The first kappa shape index (κ1) is 11.6. The molecule has 84 valence electrons. The van der Waals surface area contributed by atoms with Crippen LogP contribution in [-0.4, -0.2) is 36.1 Å². The number of amides is 1. The number of carbonyl (C=O) groups excluding carboxylic acids is 1. The Morgan fingerprint density at radius 2 is 2.53 bits per heavy atom. The van der Waals surface area contributed by atoms with Crippen LogP contribution in [0.1, 0.15) is 6.92 Å². The summed E-state index contributed by atoms with van der Waals surface area (Å²) in [6.07, 6.45) is 2.79. The second-order valence-corrected chi connectivity index (χ2v) is 3.22. The van der Waals surface area contributed by atoms with Crippen molar-refractivity contribution in [2.24, 2.45) is 0 Å². The van der Waals surface area contributed by atoms with Crippen molar-refractivity contribution in [2.45, 2.75) is 25.2 Å². The molecule has 1 aliphatic heterocycles. The third-order valence-electron chi connectivity index (χ3n) is 2.04. The summed E-state index contributed by atoms with van der Waals surface area (Å²) in [4.78, 5) is 11.2. The lowest BCUT2D eigenvalue weighted by Crippen LogP contribution is -2.49. The Morgan fingerprint density at radius 3 is 3.20 bits per heavy atom. The molecule has 1 heterocycles. The summed E-state index contributed by atoms with van der Waals surface area (Å²) in [7, 11) is 0. The molecule has 0 radical (unpaired) electrons. The van der Waals surface area contributed by atoms with Crippen LogP contribution in [0.25, 0.3) is 0 Å². The molecule has 0 unspecified atom stereocenters. The van der Waals surface area contributed by atoms with E-state index in [1.54, 1.807) is 13.0 Å². The van der Waals surface area contributed by atoms with Crippen molar-refractivity contribution >= 4 is 6.09 Å². The van der Waals surface area contributed by atoms with Crippen molar-refractivity contribution in [1.29, 1.82) is 0 Å². The molecule has 0 saturated carbocycles. The van der Waals surface area contributed by atoms with Crippen LogP contribution >= 0.6 is 0 Å². The van der Waals surface area contributed by atoms with E-state index < -0.39 is 18.2 Å². The fourth-order valence-electron chi connectivity index (χ4n) is 1.19. The highest BCUT2D eigenvalue weighted by Crippen LogP contribution is 2.11. The Bertz CT molecular complexity index is 264. The van der Waals surface area contributed by atoms with E-state index in [0.29, 0.717) is 0 Å². The number of hydrogen-bond donors (Lipinski definition) is 2. The number of ether oxygens (including phenoxy) is 2. The quantitative estimate of drug-likeness (QED) is 0.672. The molecular formula is C10H15NO4. The van der Waals surface area contributed by atoms with Crippen molar-refractivity contribution in [1.82, 2.24) is 5.32 Å². The molecule has 2 N–H and O–H groups in total. The van der Waals surface area contributed by atoms with Gasteiger partial charge in [-0.1, -0.05) is 12.7 Å². The van der Waals surface area contributed by atoms with Gasteiger partial charge in [0.15, 0.2) is 0 Å². The van der Waals surface area contributed by atoms with Crippen molar-refractivity contribution < 1.29 is 19.4 Å². The molecule has 0 aromatic heterocycles. The molecule has 5 nitrogen and oxygen atoms in total. The third-order valence-corrected chi connectivity index (χ3v) is 2.04. The van der Waals surface area contributed by atoms with Crippen LogP contribution in [0.15, 0.2) is 25.0 Å². The minimum atomic E-state index is -0.772. The topological polar surface area (TPSA) is 67.8 Å². The lowest BCUT2D eigenvalue weighted by atomic mass is 10.1. The first-order valence-corrected chi connectivity index (χ1v) is 4.69. The highest BCUT2D eigenvalue weighted by molar-refractivity contribution is 5.68. The van der Waals surface area contributed by atoms with Gasteiger partial charge in [-0.05, 0) is 13.0 Å². The zero-order valence-corrected chi connectivity index (χ0v) is 8.55. The predicted octanol–water partition coefficient (Wildman–Crippen LogP) is 0.560. The second-order valence-electron chi connectivity index (χ2n) is 3.22. The lowest BCUT2D eigenvalue weighted by Gasteiger charge is -2.29. The maximum Gasteiger partial charge on any atom is 0.408 e. The molecule has 0 aromatic carbocycles. The van der Waals surface area contributed by atoms with Crippen LogP contribution in [0.2, 0.25) is 0 Å². The Labute approximate surface area is 88.4 Å². The highest BCUT2D eigenvalue weighted by Gasteiger charge is 2.28. The first-order valence-electron chi connectivity index (χ1n) is 4.69. The minimum absolute atomic E-state index is 0.143. The number of aliphatic hydroxyl groups is 1. The average molecular weight is 213 g/mol. The summed E-state index contributed by atoms with van der Waals surface area (Å²) in [6, 6.07) is -0.480. The second kappa shape index (κ2) is 5.41. The van der Waals surface area contributed by atoms with Gasteiger partial charge in [-0.3, -0.25) is 0 Å². The maximum atomic E-state index is 11.2. The lowest BCUT2D eigenvalue weighted by molar-refractivity contribution is -0.00675. The number of hydrogen-bond acceptors (Lipinski definition) is 4. The van der Waals surface area contributed by atoms with E-state index in [1.165, 1.54) is 12.3 Å². The fraction of sp³-hybridized carbons (Fsp3) is 0.500. The summed E-state index contributed by atoms with van der Waals surface area (Å²) in [6.45, 7) is 5.28. The van der Waals surface area contributed by atoms with Gasteiger partial charge in [-0.2, -0.15) is 0 Å². The van der Waals surface area contributed by atoms with Crippen LogP contribution in [0, 0.1) is 0 Å². The van der Waals surface area contributed by atoms with E-state index >= 15 is 0 Å². The zero-order valence-electron chi connectivity index (χ0n) is 8.55. The van der Waals surface area contributed by atoms with Gasteiger partial charge in [0.25, 0.3) is 0 Å². The molecule has 0 spiro atoms. The molecule has 0 aromatic rings. The molecule has 5 heteroatoms. The van der Waals surface area contributed by atoms with E-state index in [4.69, 9.17) is 9.47 Å². The summed E-state index contributed by atoms with van der Waals surface area (Å²) in [5.41, 5.74) is 0. The van der Waals surface area contributed by atoms with Crippen LogP contribution < -0.4 is 5.32 Å². The molecule has 1 rings (SSSR count). The fourth-order valence-corrected chi connectivity index (χ4v) is 1.19. The summed E-state index contributed by atoms with van der Waals surface area (Å²) >= 11 is 0. The largest absolute Gasteiger partial charge is 0.496 e. The Hall–Kier alpha value is -1.49. The Kier molecular flexibility index (Phi) is 4.17. The van der Waals surface area contributed by atoms with E-state index in [9.17, 15) is 9.90 Å². The van der Waals surface area contributed by atoms with E-state index in [0.717, 1.165) is 0 Å².